The van der Waals surface area contributed by atoms with Crippen molar-refractivity contribution in [2.45, 2.75) is 45.7 Å². The summed E-state index contributed by atoms with van der Waals surface area (Å²) < 4.78 is 41.6. The van der Waals surface area contributed by atoms with Gasteiger partial charge in [-0.3, -0.25) is 4.79 Å². The van der Waals surface area contributed by atoms with Crippen LogP contribution in [0.4, 0.5) is 13.2 Å². The number of hydrogen-bond acceptors (Lipinski definition) is 3. The first-order valence-electron chi connectivity index (χ1n) is 11.7. The van der Waals surface area contributed by atoms with Crippen molar-refractivity contribution in [1.82, 2.24) is 14.5 Å². The Morgan fingerprint density at radius 2 is 1.81 bits per heavy atom. The fourth-order valence-corrected chi connectivity index (χ4v) is 5.41. The standard InChI is InChI=1S/C26H26Cl2F3N3O2/c1-14-10-17(26(29,30)31)12-21-24(14)32-22(33(21)3)13-19-20(27)5-4-18(23(19)28)25(36)34-8-6-16(7-9-34)11-15(2)35/h4-5,10,12,16H,6-9,11,13H2,1-3H3. The van der Waals surface area contributed by atoms with Crippen LogP contribution in [0.1, 0.15) is 59.1 Å². The van der Waals surface area contributed by atoms with Gasteiger partial charge in [0.2, 0.25) is 0 Å². The number of aromatic nitrogens is 2. The largest absolute Gasteiger partial charge is 0.416 e. The van der Waals surface area contributed by atoms with Gasteiger partial charge in [0, 0.05) is 38.0 Å². The number of ketones is 1. The molecule has 0 bridgehead atoms. The maximum Gasteiger partial charge on any atom is 0.416 e. The highest BCUT2D eigenvalue weighted by atomic mass is 35.5. The van der Waals surface area contributed by atoms with Crippen LogP contribution >= 0.6 is 23.2 Å². The second-order valence-electron chi connectivity index (χ2n) is 9.45. The number of halogens is 5. The second kappa shape index (κ2) is 10.1. The van der Waals surface area contributed by atoms with Gasteiger partial charge in [-0.1, -0.05) is 23.2 Å². The summed E-state index contributed by atoms with van der Waals surface area (Å²) >= 11 is 13.1. The van der Waals surface area contributed by atoms with Gasteiger partial charge in [0.25, 0.3) is 5.91 Å². The van der Waals surface area contributed by atoms with Crippen molar-refractivity contribution in [1.29, 1.82) is 0 Å². The number of carbonyl (C=O) groups excluding carboxylic acids is 2. The molecule has 1 aliphatic rings. The lowest BCUT2D eigenvalue weighted by molar-refractivity contribution is -0.137. The molecule has 1 aliphatic heterocycles. The van der Waals surface area contributed by atoms with Crippen LogP contribution in [0.15, 0.2) is 24.3 Å². The number of aryl methyl sites for hydroxylation is 2. The molecule has 0 N–H and O–H groups in total. The lowest BCUT2D eigenvalue weighted by Crippen LogP contribution is -2.39. The number of hydrogen-bond donors (Lipinski definition) is 0. The molecular formula is C26H26Cl2F3N3O2. The Morgan fingerprint density at radius 3 is 2.42 bits per heavy atom. The zero-order valence-electron chi connectivity index (χ0n) is 20.2. The Morgan fingerprint density at radius 1 is 1.14 bits per heavy atom. The van der Waals surface area contributed by atoms with Crippen molar-refractivity contribution < 1.29 is 22.8 Å². The maximum absolute atomic E-state index is 13.3. The van der Waals surface area contributed by atoms with Gasteiger partial charge in [0.1, 0.15) is 11.6 Å². The van der Waals surface area contributed by atoms with Crippen LogP contribution in [0.5, 0.6) is 0 Å². The van der Waals surface area contributed by atoms with Crippen molar-refractivity contribution in [3.63, 3.8) is 0 Å². The number of imidazole rings is 1. The molecule has 0 radical (unpaired) electrons. The van der Waals surface area contributed by atoms with E-state index in [1.54, 1.807) is 42.5 Å². The third kappa shape index (κ3) is 5.25. The van der Waals surface area contributed by atoms with Crippen LogP contribution in [0.3, 0.4) is 0 Å². The van der Waals surface area contributed by atoms with Gasteiger partial charge in [-0.05, 0) is 68.0 Å². The number of Topliss-reactive ketones (excluding diaryl/α,β-unsaturated/α-hetero) is 1. The average Bonchev–Trinajstić information content (AvgIpc) is 3.12. The lowest BCUT2D eigenvalue weighted by atomic mass is 9.91. The number of amides is 1. The molecule has 0 atom stereocenters. The fourth-order valence-electron chi connectivity index (χ4n) is 4.83. The van der Waals surface area contributed by atoms with E-state index in [-0.39, 0.29) is 29.1 Å². The zero-order chi connectivity index (χ0) is 26.4. The van der Waals surface area contributed by atoms with E-state index in [0.717, 1.165) is 25.0 Å². The molecule has 1 saturated heterocycles. The van der Waals surface area contributed by atoms with Crippen molar-refractivity contribution >= 4 is 45.9 Å². The predicted octanol–water partition coefficient (Wildman–Crippen LogP) is 6.63. The summed E-state index contributed by atoms with van der Waals surface area (Å²) in [5.74, 6) is 0.694. The van der Waals surface area contributed by atoms with Gasteiger partial charge in [0.05, 0.1) is 27.2 Å². The summed E-state index contributed by atoms with van der Waals surface area (Å²) in [4.78, 5) is 31.0. The van der Waals surface area contributed by atoms with E-state index in [1.807, 2.05) is 0 Å². The van der Waals surface area contributed by atoms with Crippen LogP contribution < -0.4 is 0 Å². The second-order valence-corrected chi connectivity index (χ2v) is 10.2. The number of alkyl halides is 3. The average molecular weight is 540 g/mol. The molecule has 0 aliphatic carbocycles. The van der Waals surface area contributed by atoms with E-state index in [4.69, 9.17) is 23.2 Å². The van der Waals surface area contributed by atoms with Crippen LogP contribution in [-0.2, 0) is 24.4 Å². The molecule has 2 aromatic carbocycles. The number of piperidine rings is 1. The molecule has 1 fully saturated rings. The topological polar surface area (TPSA) is 55.2 Å². The molecular weight excluding hydrogens is 514 g/mol. The minimum absolute atomic E-state index is 0.144. The van der Waals surface area contributed by atoms with E-state index in [2.05, 4.69) is 4.98 Å². The highest BCUT2D eigenvalue weighted by molar-refractivity contribution is 6.38. The van der Waals surface area contributed by atoms with E-state index in [0.29, 0.717) is 58.1 Å². The zero-order valence-corrected chi connectivity index (χ0v) is 21.7. The number of nitrogens with zero attached hydrogens (tertiary/aromatic N) is 3. The number of fused-ring (bicyclic) bond motifs is 1. The normalized spacial score (nSPS) is 15.1. The summed E-state index contributed by atoms with van der Waals surface area (Å²) in [7, 11) is 1.65. The van der Waals surface area contributed by atoms with Crippen molar-refractivity contribution in [2.75, 3.05) is 13.1 Å². The smallest absolute Gasteiger partial charge is 0.339 e. The molecule has 10 heteroatoms. The Bertz CT molecular complexity index is 1340. The highest BCUT2D eigenvalue weighted by Crippen LogP contribution is 2.35. The first-order chi connectivity index (χ1) is 16.9. The highest BCUT2D eigenvalue weighted by Gasteiger charge is 2.32. The van der Waals surface area contributed by atoms with Crippen molar-refractivity contribution in [2.24, 2.45) is 13.0 Å². The van der Waals surface area contributed by atoms with Gasteiger partial charge in [0.15, 0.2) is 0 Å². The van der Waals surface area contributed by atoms with Crippen LogP contribution in [-0.4, -0.2) is 39.2 Å². The van der Waals surface area contributed by atoms with Crippen molar-refractivity contribution in [3.05, 3.63) is 62.4 Å². The number of benzene rings is 2. The molecule has 3 aromatic rings. The summed E-state index contributed by atoms with van der Waals surface area (Å²) in [6.45, 7) is 4.24. The van der Waals surface area contributed by atoms with E-state index < -0.39 is 11.7 Å². The van der Waals surface area contributed by atoms with E-state index in [1.165, 1.54) is 0 Å². The van der Waals surface area contributed by atoms with Gasteiger partial charge in [-0.25, -0.2) is 4.98 Å². The summed E-state index contributed by atoms with van der Waals surface area (Å²) in [5.41, 5.74) is 1.30. The van der Waals surface area contributed by atoms with Crippen LogP contribution in [0.25, 0.3) is 11.0 Å². The first-order valence-corrected chi connectivity index (χ1v) is 12.4. The molecule has 4 rings (SSSR count). The van der Waals surface area contributed by atoms with Crippen LogP contribution in [0.2, 0.25) is 10.0 Å². The molecule has 0 saturated carbocycles. The van der Waals surface area contributed by atoms with Gasteiger partial charge < -0.3 is 14.3 Å². The molecule has 0 unspecified atom stereocenters. The number of rotatable bonds is 5. The Balaban J connectivity index is 1.62. The van der Waals surface area contributed by atoms with E-state index >= 15 is 0 Å². The third-order valence-electron chi connectivity index (χ3n) is 6.83. The lowest BCUT2D eigenvalue weighted by Gasteiger charge is -2.32. The molecule has 192 valence electrons. The van der Waals surface area contributed by atoms with Crippen LogP contribution in [0, 0.1) is 12.8 Å². The van der Waals surface area contributed by atoms with Crippen molar-refractivity contribution in [3.8, 4) is 0 Å². The van der Waals surface area contributed by atoms with Gasteiger partial charge in [-0.2, -0.15) is 13.2 Å². The molecule has 0 spiro atoms. The minimum Gasteiger partial charge on any atom is -0.339 e. The maximum atomic E-state index is 13.3. The predicted molar refractivity (Wildman–Crippen MR) is 134 cm³/mol. The summed E-state index contributed by atoms with van der Waals surface area (Å²) in [6.07, 6.45) is -2.29. The SMILES string of the molecule is CC(=O)CC1CCN(C(=O)c2ccc(Cl)c(Cc3nc4c(C)cc(C(F)(F)F)cc4n3C)c2Cl)CC1. The molecule has 36 heavy (non-hydrogen) atoms. The quantitative estimate of drug-likeness (QED) is 0.365. The number of likely N-dealkylation sites (tertiary alicyclic amines) is 1. The molecule has 2 heterocycles. The molecule has 1 amide bonds. The monoisotopic (exact) mass is 539 g/mol. The van der Waals surface area contributed by atoms with E-state index in [9.17, 15) is 22.8 Å². The first kappa shape index (κ1) is 26.5. The number of carbonyl (C=O) groups is 2. The van der Waals surface area contributed by atoms with Gasteiger partial charge in [-0.15, -0.1) is 0 Å². The fraction of sp³-hybridized carbons (Fsp3) is 0.423. The molecule has 1 aromatic heterocycles. The Labute approximate surface area is 217 Å². The Hall–Kier alpha value is -2.58. The summed E-state index contributed by atoms with van der Waals surface area (Å²) in [5, 5.41) is 0.551. The summed E-state index contributed by atoms with van der Waals surface area (Å²) in [6, 6.07) is 5.36. The Kier molecular flexibility index (Phi) is 7.40. The minimum atomic E-state index is -4.47. The molecule has 5 nitrogen and oxygen atoms in total. The van der Waals surface area contributed by atoms with Gasteiger partial charge >= 0.3 is 6.18 Å². The third-order valence-corrected chi connectivity index (χ3v) is 7.61.